The molecule has 0 spiro atoms. The van der Waals surface area contributed by atoms with Gasteiger partial charge in [-0.05, 0) is 59.5 Å². The van der Waals surface area contributed by atoms with Gasteiger partial charge >= 0.3 is 6.01 Å². The zero-order valence-corrected chi connectivity index (χ0v) is 18.6. The van der Waals surface area contributed by atoms with Crippen LogP contribution in [0.25, 0.3) is 10.9 Å². The summed E-state index contributed by atoms with van der Waals surface area (Å²) in [6, 6.07) is 26.3. The average Bonchev–Trinajstić information content (AvgIpc) is 3.24. The Morgan fingerprint density at radius 1 is 0.941 bits per heavy atom. The van der Waals surface area contributed by atoms with E-state index < -0.39 is 0 Å². The number of para-hydroxylation sites is 1. The van der Waals surface area contributed by atoms with Crippen LogP contribution in [0.2, 0.25) is 0 Å². The van der Waals surface area contributed by atoms with Crippen LogP contribution in [0.1, 0.15) is 28.4 Å². The summed E-state index contributed by atoms with van der Waals surface area (Å²) in [7, 11) is 0. The van der Waals surface area contributed by atoms with E-state index in [1.54, 1.807) is 24.5 Å². The number of ether oxygens (including phenoxy) is 1. The lowest BCUT2D eigenvalue weighted by atomic mass is 9.92. The van der Waals surface area contributed by atoms with Crippen molar-refractivity contribution in [2.24, 2.45) is 0 Å². The van der Waals surface area contributed by atoms with Gasteiger partial charge in [0.2, 0.25) is 0 Å². The van der Waals surface area contributed by atoms with Crippen molar-refractivity contribution < 1.29 is 9.84 Å². The first kappa shape index (κ1) is 20.4. The van der Waals surface area contributed by atoms with Gasteiger partial charge in [0.15, 0.2) is 0 Å². The van der Waals surface area contributed by atoms with Crippen LogP contribution in [-0.4, -0.2) is 31.5 Å². The molecule has 0 saturated heterocycles. The molecule has 0 amide bonds. The van der Waals surface area contributed by atoms with Gasteiger partial charge in [0, 0.05) is 42.1 Å². The van der Waals surface area contributed by atoms with E-state index in [0.717, 1.165) is 30.6 Å². The predicted molar refractivity (Wildman–Crippen MR) is 131 cm³/mol. The number of hydrogen-bond donors (Lipinski definition) is 2. The molecule has 3 aromatic carbocycles. The molecule has 34 heavy (non-hydrogen) atoms. The highest BCUT2D eigenvalue weighted by molar-refractivity contribution is 5.85. The molecule has 1 aliphatic heterocycles. The number of fused-ring (bicyclic) bond motifs is 3. The van der Waals surface area contributed by atoms with Crippen molar-refractivity contribution in [3.63, 3.8) is 0 Å². The molecule has 5 aromatic rings. The van der Waals surface area contributed by atoms with Gasteiger partial charge in [-0.2, -0.15) is 0 Å². The zero-order chi connectivity index (χ0) is 22.9. The Labute approximate surface area is 197 Å². The maximum absolute atomic E-state index is 10.2. The first-order chi connectivity index (χ1) is 16.7. The molecular formula is C28H24N4O2. The molecule has 2 aromatic heterocycles. The summed E-state index contributed by atoms with van der Waals surface area (Å²) in [5, 5.41) is 11.5. The number of aromatic nitrogens is 3. The van der Waals surface area contributed by atoms with E-state index in [2.05, 4.69) is 62.3 Å². The van der Waals surface area contributed by atoms with E-state index >= 15 is 0 Å². The molecule has 1 aliphatic rings. The fraction of sp³-hybridized carbons (Fsp3) is 0.143. The zero-order valence-electron chi connectivity index (χ0n) is 18.6. The second-order valence-electron chi connectivity index (χ2n) is 8.56. The van der Waals surface area contributed by atoms with Gasteiger partial charge < -0.3 is 14.8 Å². The third kappa shape index (κ3) is 3.89. The van der Waals surface area contributed by atoms with Gasteiger partial charge in [0.05, 0.1) is 6.04 Å². The van der Waals surface area contributed by atoms with Crippen LogP contribution in [0.3, 0.4) is 0 Å². The van der Waals surface area contributed by atoms with Gasteiger partial charge in [0.1, 0.15) is 11.5 Å². The van der Waals surface area contributed by atoms with Crippen LogP contribution in [0.5, 0.6) is 17.5 Å². The Bertz CT molecular complexity index is 1430. The van der Waals surface area contributed by atoms with Crippen molar-refractivity contribution >= 4 is 10.9 Å². The third-order valence-electron chi connectivity index (χ3n) is 6.38. The van der Waals surface area contributed by atoms with E-state index in [4.69, 9.17) is 4.74 Å². The van der Waals surface area contributed by atoms with Crippen molar-refractivity contribution in [2.45, 2.75) is 19.0 Å². The minimum Gasteiger partial charge on any atom is -0.508 e. The van der Waals surface area contributed by atoms with E-state index in [-0.39, 0.29) is 11.8 Å². The summed E-state index contributed by atoms with van der Waals surface area (Å²) < 4.78 is 5.74. The molecule has 6 heteroatoms. The minimum absolute atomic E-state index is 0.0249. The van der Waals surface area contributed by atoms with Crippen LogP contribution >= 0.6 is 0 Å². The molecule has 6 rings (SSSR count). The molecule has 6 nitrogen and oxygen atoms in total. The number of nitrogens with zero attached hydrogens (tertiary/aromatic N) is 3. The number of aromatic hydroxyl groups is 1. The molecule has 0 bridgehead atoms. The van der Waals surface area contributed by atoms with Gasteiger partial charge in [-0.1, -0.05) is 42.5 Å². The number of phenolic OH excluding ortho intramolecular Hbond substituents is 1. The molecule has 0 fully saturated rings. The molecule has 3 heterocycles. The molecule has 168 valence electrons. The standard InChI is InChI=1S/C28H24N4O2/c33-21-6-3-5-20(17-21)27-26-24(23-7-1-2-8-25(23)31-26)13-16-32(27)18-19-9-11-22(12-10-19)34-28-29-14-4-15-30-28/h1-12,14-15,17,27,31,33H,13,16,18H2/t27-/m1/s1. The lowest BCUT2D eigenvalue weighted by Crippen LogP contribution is -2.35. The Balaban J connectivity index is 1.31. The van der Waals surface area contributed by atoms with Crippen LogP contribution in [0, 0.1) is 0 Å². The van der Waals surface area contributed by atoms with Crippen LogP contribution < -0.4 is 4.74 Å². The van der Waals surface area contributed by atoms with Crippen molar-refractivity contribution in [1.82, 2.24) is 19.9 Å². The number of H-pyrrole nitrogens is 1. The Hall–Kier alpha value is -4.16. The summed E-state index contributed by atoms with van der Waals surface area (Å²) in [4.78, 5) is 14.4. The quantitative estimate of drug-likeness (QED) is 0.366. The molecule has 2 N–H and O–H groups in total. The lowest BCUT2D eigenvalue weighted by molar-refractivity contribution is 0.201. The first-order valence-electron chi connectivity index (χ1n) is 11.4. The number of phenols is 1. The van der Waals surface area contributed by atoms with Gasteiger partial charge in [-0.3, -0.25) is 4.90 Å². The van der Waals surface area contributed by atoms with Crippen LogP contribution in [-0.2, 0) is 13.0 Å². The summed E-state index contributed by atoms with van der Waals surface area (Å²) in [5.41, 5.74) is 6.00. The monoisotopic (exact) mass is 448 g/mol. The maximum atomic E-state index is 10.2. The average molecular weight is 449 g/mol. The largest absolute Gasteiger partial charge is 0.508 e. The normalized spacial score (nSPS) is 15.8. The van der Waals surface area contributed by atoms with Crippen molar-refractivity contribution in [3.8, 4) is 17.5 Å². The predicted octanol–water partition coefficient (Wildman–Crippen LogP) is 5.60. The van der Waals surface area contributed by atoms with Gasteiger partial charge in [-0.25, -0.2) is 9.97 Å². The van der Waals surface area contributed by atoms with Crippen molar-refractivity contribution in [1.29, 1.82) is 0 Å². The topological polar surface area (TPSA) is 74.3 Å². The smallest absolute Gasteiger partial charge is 0.321 e. The van der Waals surface area contributed by atoms with Gasteiger partial charge in [0.25, 0.3) is 0 Å². The summed E-state index contributed by atoms with van der Waals surface area (Å²) in [5.74, 6) is 0.987. The van der Waals surface area contributed by atoms with Crippen LogP contribution in [0.4, 0.5) is 0 Å². The van der Waals surface area contributed by atoms with Crippen molar-refractivity contribution in [3.05, 3.63) is 114 Å². The molecule has 0 unspecified atom stereocenters. The van der Waals surface area contributed by atoms with Crippen LogP contribution in [0.15, 0.2) is 91.3 Å². The van der Waals surface area contributed by atoms with Gasteiger partial charge in [-0.15, -0.1) is 0 Å². The summed E-state index contributed by atoms with van der Waals surface area (Å²) >= 11 is 0. The Morgan fingerprint density at radius 3 is 2.59 bits per heavy atom. The highest BCUT2D eigenvalue weighted by atomic mass is 16.5. The lowest BCUT2D eigenvalue weighted by Gasteiger charge is -2.36. The SMILES string of the molecule is Oc1cccc([C@@H]2c3[nH]c4ccccc4c3CCN2Cc2ccc(Oc3ncccn3)cc2)c1. The number of aromatic amines is 1. The fourth-order valence-corrected chi connectivity index (χ4v) is 4.87. The number of nitrogens with one attached hydrogen (secondary N) is 1. The molecule has 1 atom stereocenters. The fourth-order valence-electron chi connectivity index (χ4n) is 4.87. The highest BCUT2D eigenvalue weighted by Crippen LogP contribution is 2.39. The van der Waals surface area contributed by atoms with E-state index in [1.807, 2.05) is 24.3 Å². The first-order valence-corrected chi connectivity index (χ1v) is 11.4. The van der Waals surface area contributed by atoms with Crippen molar-refractivity contribution in [2.75, 3.05) is 6.54 Å². The van der Waals surface area contributed by atoms with E-state index in [1.165, 1.54) is 22.2 Å². The van der Waals surface area contributed by atoms with E-state index in [0.29, 0.717) is 11.8 Å². The number of rotatable bonds is 5. The molecular weight excluding hydrogens is 424 g/mol. The molecule has 0 aliphatic carbocycles. The number of benzene rings is 3. The third-order valence-corrected chi connectivity index (χ3v) is 6.38. The van der Waals surface area contributed by atoms with E-state index in [9.17, 15) is 5.11 Å². The highest BCUT2D eigenvalue weighted by Gasteiger charge is 2.31. The second-order valence-corrected chi connectivity index (χ2v) is 8.56. The second kappa shape index (κ2) is 8.65. The molecule has 0 radical (unpaired) electrons. The summed E-state index contributed by atoms with van der Waals surface area (Å²) in [6.07, 6.45) is 4.29. The Kier molecular flexibility index (Phi) is 5.20. The number of hydrogen-bond acceptors (Lipinski definition) is 5. The Morgan fingerprint density at radius 2 is 1.76 bits per heavy atom. The summed E-state index contributed by atoms with van der Waals surface area (Å²) in [6.45, 7) is 1.70. The molecule has 0 saturated carbocycles. The maximum Gasteiger partial charge on any atom is 0.321 e. The minimum atomic E-state index is 0.0249.